The minimum atomic E-state index is 0.259. The SMILES string of the molecule is Cc1cc(C)c2c(n1)CCC2=O. The van der Waals surface area contributed by atoms with E-state index in [-0.39, 0.29) is 5.78 Å². The zero-order chi connectivity index (χ0) is 8.72. The fraction of sp³-hybridized carbons (Fsp3) is 0.400. The van der Waals surface area contributed by atoms with Crippen molar-refractivity contribution in [1.82, 2.24) is 4.98 Å². The Balaban J connectivity index is 2.68. The number of pyridine rings is 1. The molecule has 2 heteroatoms. The number of carbonyl (C=O) groups excluding carboxylic acids is 1. The van der Waals surface area contributed by atoms with E-state index in [1.807, 2.05) is 19.9 Å². The van der Waals surface area contributed by atoms with Gasteiger partial charge < -0.3 is 0 Å². The van der Waals surface area contributed by atoms with Gasteiger partial charge in [0.1, 0.15) is 0 Å². The van der Waals surface area contributed by atoms with Crippen molar-refractivity contribution in [3.63, 3.8) is 0 Å². The van der Waals surface area contributed by atoms with Crippen LogP contribution in [0.1, 0.15) is 33.7 Å². The van der Waals surface area contributed by atoms with Gasteiger partial charge in [-0.15, -0.1) is 0 Å². The fourth-order valence-corrected chi connectivity index (χ4v) is 1.83. The Kier molecular flexibility index (Phi) is 1.50. The number of fused-ring (bicyclic) bond motifs is 1. The Morgan fingerprint density at radius 2 is 2.08 bits per heavy atom. The summed E-state index contributed by atoms with van der Waals surface area (Å²) in [7, 11) is 0. The molecular formula is C10H11NO. The molecule has 0 radical (unpaired) electrons. The summed E-state index contributed by atoms with van der Waals surface area (Å²) in [5.74, 6) is 0.259. The van der Waals surface area contributed by atoms with Crippen molar-refractivity contribution < 1.29 is 4.79 Å². The standard InChI is InChI=1S/C10H11NO/c1-6-5-7(2)11-8-3-4-9(12)10(6)8/h5H,3-4H2,1-2H3. The summed E-state index contributed by atoms with van der Waals surface area (Å²) >= 11 is 0. The van der Waals surface area contributed by atoms with Crippen LogP contribution in [0.5, 0.6) is 0 Å². The van der Waals surface area contributed by atoms with Crippen molar-refractivity contribution >= 4 is 5.78 Å². The maximum Gasteiger partial charge on any atom is 0.165 e. The Morgan fingerprint density at radius 3 is 2.83 bits per heavy atom. The zero-order valence-electron chi connectivity index (χ0n) is 7.35. The first-order valence-corrected chi connectivity index (χ1v) is 4.19. The molecule has 1 aromatic heterocycles. The average molecular weight is 161 g/mol. The third-order valence-electron chi connectivity index (χ3n) is 2.29. The summed E-state index contributed by atoms with van der Waals surface area (Å²) in [6.07, 6.45) is 1.48. The van der Waals surface area contributed by atoms with Crippen LogP contribution < -0.4 is 0 Å². The van der Waals surface area contributed by atoms with E-state index in [1.54, 1.807) is 0 Å². The highest BCUT2D eigenvalue weighted by Gasteiger charge is 2.22. The number of aromatic nitrogens is 1. The van der Waals surface area contributed by atoms with Gasteiger partial charge in [0.15, 0.2) is 5.78 Å². The summed E-state index contributed by atoms with van der Waals surface area (Å²) in [4.78, 5) is 15.7. The molecule has 0 amide bonds. The van der Waals surface area contributed by atoms with E-state index in [1.165, 1.54) is 0 Å². The van der Waals surface area contributed by atoms with Crippen LogP contribution >= 0.6 is 0 Å². The molecule has 0 unspecified atom stereocenters. The van der Waals surface area contributed by atoms with Crippen LogP contribution in [0.4, 0.5) is 0 Å². The first kappa shape index (κ1) is 7.47. The molecular weight excluding hydrogens is 150 g/mol. The Hall–Kier alpha value is -1.18. The lowest BCUT2D eigenvalue weighted by Gasteiger charge is -2.02. The van der Waals surface area contributed by atoms with Crippen LogP contribution in [0.2, 0.25) is 0 Å². The second-order valence-corrected chi connectivity index (χ2v) is 3.33. The molecule has 62 valence electrons. The van der Waals surface area contributed by atoms with Gasteiger partial charge in [0.2, 0.25) is 0 Å². The van der Waals surface area contributed by atoms with Crippen LogP contribution in [0.25, 0.3) is 0 Å². The monoisotopic (exact) mass is 161 g/mol. The summed E-state index contributed by atoms with van der Waals surface area (Å²) in [6.45, 7) is 3.95. The molecule has 1 aromatic rings. The van der Waals surface area contributed by atoms with E-state index in [9.17, 15) is 4.79 Å². The molecule has 2 nitrogen and oxygen atoms in total. The quantitative estimate of drug-likeness (QED) is 0.581. The molecule has 0 saturated carbocycles. The second kappa shape index (κ2) is 2.41. The summed E-state index contributed by atoms with van der Waals surface area (Å²) in [5.41, 5.74) is 3.97. The maximum absolute atomic E-state index is 11.4. The number of aryl methyl sites for hydroxylation is 3. The van der Waals surface area contributed by atoms with Crippen molar-refractivity contribution in [2.45, 2.75) is 26.7 Å². The largest absolute Gasteiger partial charge is 0.294 e. The van der Waals surface area contributed by atoms with Crippen LogP contribution in [-0.4, -0.2) is 10.8 Å². The van der Waals surface area contributed by atoms with Gasteiger partial charge in [-0.2, -0.15) is 0 Å². The van der Waals surface area contributed by atoms with Gasteiger partial charge in [0, 0.05) is 17.7 Å². The summed E-state index contributed by atoms with van der Waals surface area (Å²) < 4.78 is 0. The van der Waals surface area contributed by atoms with Gasteiger partial charge >= 0.3 is 0 Å². The molecule has 0 atom stereocenters. The molecule has 0 aliphatic heterocycles. The molecule has 0 aromatic carbocycles. The number of carbonyl (C=O) groups is 1. The Morgan fingerprint density at radius 1 is 1.33 bits per heavy atom. The van der Waals surface area contributed by atoms with Gasteiger partial charge in [-0.1, -0.05) is 0 Å². The van der Waals surface area contributed by atoms with Crippen molar-refractivity contribution in [1.29, 1.82) is 0 Å². The fourth-order valence-electron chi connectivity index (χ4n) is 1.83. The van der Waals surface area contributed by atoms with Crippen LogP contribution in [0.3, 0.4) is 0 Å². The van der Waals surface area contributed by atoms with Crippen molar-refractivity contribution in [3.05, 3.63) is 28.6 Å². The number of ketones is 1. The molecule has 0 spiro atoms. The van der Waals surface area contributed by atoms with E-state index in [0.29, 0.717) is 6.42 Å². The van der Waals surface area contributed by atoms with E-state index in [2.05, 4.69) is 4.98 Å². The molecule has 1 aliphatic rings. The van der Waals surface area contributed by atoms with E-state index < -0.39 is 0 Å². The molecule has 0 bridgehead atoms. The Labute approximate surface area is 71.6 Å². The highest BCUT2D eigenvalue weighted by atomic mass is 16.1. The smallest absolute Gasteiger partial charge is 0.165 e. The highest BCUT2D eigenvalue weighted by Crippen LogP contribution is 2.23. The number of hydrogen-bond donors (Lipinski definition) is 0. The predicted octanol–water partition coefficient (Wildman–Crippen LogP) is 1.83. The molecule has 0 N–H and O–H groups in total. The van der Waals surface area contributed by atoms with Crippen LogP contribution in [-0.2, 0) is 6.42 Å². The number of hydrogen-bond acceptors (Lipinski definition) is 2. The lowest BCUT2D eigenvalue weighted by Crippen LogP contribution is -1.98. The van der Waals surface area contributed by atoms with Gasteiger partial charge in [-0.05, 0) is 31.9 Å². The molecule has 12 heavy (non-hydrogen) atoms. The van der Waals surface area contributed by atoms with Crippen molar-refractivity contribution in [3.8, 4) is 0 Å². The van der Waals surface area contributed by atoms with Gasteiger partial charge in [0.25, 0.3) is 0 Å². The van der Waals surface area contributed by atoms with Gasteiger partial charge in [0.05, 0.1) is 5.69 Å². The van der Waals surface area contributed by atoms with E-state index in [0.717, 1.165) is 28.9 Å². The van der Waals surface area contributed by atoms with Crippen LogP contribution in [0.15, 0.2) is 6.07 Å². The minimum Gasteiger partial charge on any atom is -0.294 e. The summed E-state index contributed by atoms with van der Waals surface area (Å²) in [6, 6.07) is 1.97. The lowest BCUT2D eigenvalue weighted by molar-refractivity contribution is 0.0994. The molecule has 0 fully saturated rings. The van der Waals surface area contributed by atoms with Crippen molar-refractivity contribution in [2.24, 2.45) is 0 Å². The zero-order valence-corrected chi connectivity index (χ0v) is 7.35. The lowest BCUT2D eigenvalue weighted by atomic mass is 10.1. The minimum absolute atomic E-state index is 0.259. The molecule has 1 aliphatic carbocycles. The normalized spacial score (nSPS) is 15.0. The first-order valence-electron chi connectivity index (χ1n) is 4.19. The van der Waals surface area contributed by atoms with Crippen LogP contribution in [0, 0.1) is 13.8 Å². The van der Waals surface area contributed by atoms with E-state index >= 15 is 0 Å². The third kappa shape index (κ3) is 0.951. The maximum atomic E-state index is 11.4. The second-order valence-electron chi connectivity index (χ2n) is 3.33. The molecule has 2 rings (SSSR count). The van der Waals surface area contributed by atoms with Gasteiger partial charge in [-0.25, -0.2) is 0 Å². The third-order valence-corrected chi connectivity index (χ3v) is 2.29. The summed E-state index contributed by atoms with van der Waals surface area (Å²) in [5, 5.41) is 0. The number of Topliss-reactive ketones (excluding diaryl/α,β-unsaturated/α-hetero) is 1. The first-order chi connectivity index (χ1) is 5.68. The average Bonchev–Trinajstić information content (AvgIpc) is 2.31. The Bertz CT molecular complexity index is 355. The number of nitrogens with zero attached hydrogens (tertiary/aromatic N) is 1. The number of rotatable bonds is 0. The van der Waals surface area contributed by atoms with Crippen molar-refractivity contribution in [2.75, 3.05) is 0 Å². The van der Waals surface area contributed by atoms with E-state index in [4.69, 9.17) is 0 Å². The topological polar surface area (TPSA) is 30.0 Å². The molecule has 0 saturated heterocycles. The highest BCUT2D eigenvalue weighted by molar-refractivity contribution is 6.01. The molecule has 1 heterocycles. The predicted molar refractivity (Wildman–Crippen MR) is 46.4 cm³/mol. The van der Waals surface area contributed by atoms with Gasteiger partial charge in [-0.3, -0.25) is 9.78 Å².